The Kier molecular flexibility index (Phi) is 4.52. The number of hydrogen-bond donors (Lipinski definition) is 1. The van der Waals surface area contributed by atoms with Gasteiger partial charge in [-0.1, -0.05) is 11.2 Å². The maximum absolute atomic E-state index is 12.1. The third-order valence-electron chi connectivity index (χ3n) is 3.61. The first-order valence-electron chi connectivity index (χ1n) is 7.29. The van der Waals surface area contributed by atoms with E-state index in [0.717, 1.165) is 22.4 Å². The van der Waals surface area contributed by atoms with Crippen molar-refractivity contribution >= 4 is 17.2 Å². The molecule has 0 aliphatic heterocycles. The standard InChI is InChI=1S/C17H17N3O2S/c1-11-15(12(2)22-20-11)7-17(21)19-9-13-6-14(10-18-8-13)16-4-3-5-23-16/h3-6,8,10H,7,9H2,1-2H3,(H,19,21). The van der Waals surface area contributed by atoms with Crippen molar-refractivity contribution in [1.82, 2.24) is 15.5 Å². The number of amides is 1. The molecule has 0 saturated carbocycles. The van der Waals surface area contributed by atoms with Gasteiger partial charge in [-0.3, -0.25) is 9.78 Å². The van der Waals surface area contributed by atoms with Crippen LogP contribution in [0.1, 0.15) is 22.6 Å². The number of thiophene rings is 1. The molecule has 23 heavy (non-hydrogen) atoms. The second kappa shape index (κ2) is 6.75. The van der Waals surface area contributed by atoms with Crippen molar-refractivity contribution in [3.63, 3.8) is 0 Å². The quantitative estimate of drug-likeness (QED) is 0.781. The lowest BCUT2D eigenvalue weighted by Crippen LogP contribution is -2.25. The van der Waals surface area contributed by atoms with Gasteiger partial charge in [0.2, 0.25) is 5.91 Å². The van der Waals surface area contributed by atoms with Gasteiger partial charge in [0.25, 0.3) is 0 Å². The second-order valence-electron chi connectivity index (χ2n) is 5.32. The number of pyridine rings is 1. The zero-order valence-electron chi connectivity index (χ0n) is 13.0. The van der Waals surface area contributed by atoms with E-state index in [1.54, 1.807) is 17.5 Å². The van der Waals surface area contributed by atoms with E-state index in [4.69, 9.17) is 4.52 Å². The van der Waals surface area contributed by atoms with Crippen LogP contribution in [0.4, 0.5) is 0 Å². The Bertz CT molecular complexity index is 790. The first-order chi connectivity index (χ1) is 11.1. The SMILES string of the molecule is Cc1noc(C)c1CC(=O)NCc1cncc(-c2cccs2)c1. The largest absolute Gasteiger partial charge is 0.361 e. The molecule has 3 heterocycles. The van der Waals surface area contributed by atoms with Crippen molar-refractivity contribution in [3.05, 3.63) is 58.6 Å². The van der Waals surface area contributed by atoms with Crippen molar-refractivity contribution < 1.29 is 9.32 Å². The summed E-state index contributed by atoms with van der Waals surface area (Å²) < 4.78 is 5.08. The first-order valence-corrected chi connectivity index (χ1v) is 8.17. The molecule has 0 radical (unpaired) electrons. The lowest BCUT2D eigenvalue weighted by Gasteiger charge is -2.06. The average molecular weight is 327 g/mol. The van der Waals surface area contributed by atoms with Crippen LogP contribution in [0.2, 0.25) is 0 Å². The number of carbonyl (C=O) groups is 1. The van der Waals surface area contributed by atoms with Gasteiger partial charge in [-0.05, 0) is 36.9 Å². The summed E-state index contributed by atoms with van der Waals surface area (Å²) in [5.74, 6) is 0.639. The van der Waals surface area contributed by atoms with E-state index in [-0.39, 0.29) is 12.3 Å². The fourth-order valence-corrected chi connectivity index (χ4v) is 3.05. The van der Waals surface area contributed by atoms with Gasteiger partial charge in [0.15, 0.2) is 0 Å². The Balaban J connectivity index is 1.62. The third-order valence-corrected chi connectivity index (χ3v) is 4.53. The van der Waals surface area contributed by atoms with E-state index in [1.165, 1.54) is 4.88 Å². The molecule has 3 aromatic rings. The van der Waals surface area contributed by atoms with Crippen LogP contribution in [0, 0.1) is 13.8 Å². The lowest BCUT2D eigenvalue weighted by atomic mass is 10.1. The monoisotopic (exact) mass is 327 g/mol. The number of aromatic nitrogens is 2. The van der Waals surface area contributed by atoms with Gasteiger partial charge in [0.05, 0.1) is 12.1 Å². The molecular weight excluding hydrogens is 310 g/mol. The minimum Gasteiger partial charge on any atom is -0.361 e. The van der Waals surface area contributed by atoms with Crippen molar-refractivity contribution in [1.29, 1.82) is 0 Å². The predicted octanol–water partition coefficient (Wildman–Crippen LogP) is 3.27. The van der Waals surface area contributed by atoms with Crippen LogP contribution in [0.5, 0.6) is 0 Å². The summed E-state index contributed by atoms with van der Waals surface area (Å²) in [6, 6.07) is 6.12. The summed E-state index contributed by atoms with van der Waals surface area (Å²) in [5, 5.41) is 8.82. The molecule has 1 amide bonds. The molecule has 0 fully saturated rings. The van der Waals surface area contributed by atoms with Gasteiger partial charge in [0.1, 0.15) is 5.76 Å². The number of nitrogens with one attached hydrogen (secondary N) is 1. The number of nitrogens with zero attached hydrogens (tertiary/aromatic N) is 2. The van der Waals surface area contributed by atoms with Crippen LogP contribution in [-0.2, 0) is 17.8 Å². The van der Waals surface area contributed by atoms with Gasteiger partial charge in [-0.25, -0.2) is 0 Å². The molecule has 0 aromatic carbocycles. The van der Waals surface area contributed by atoms with Crippen LogP contribution >= 0.6 is 11.3 Å². The van der Waals surface area contributed by atoms with Gasteiger partial charge >= 0.3 is 0 Å². The molecule has 5 nitrogen and oxygen atoms in total. The summed E-state index contributed by atoms with van der Waals surface area (Å²) in [6.45, 7) is 4.11. The predicted molar refractivity (Wildman–Crippen MR) is 89.1 cm³/mol. The van der Waals surface area contributed by atoms with E-state index >= 15 is 0 Å². The fraction of sp³-hybridized carbons (Fsp3) is 0.235. The number of aryl methyl sites for hydroxylation is 2. The number of hydrogen-bond acceptors (Lipinski definition) is 5. The van der Waals surface area contributed by atoms with Crippen LogP contribution < -0.4 is 5.32 Å². The minimum absolute atomic E-state index is 0.0547. The van der Waals surface area contributed by atoms with Crippen LogP contribution in [-0.4, -0.2) is 16.0 Å². The Labute approximate surface area is 138 Å². The highest BCUT2D eigenvalue weighted by Crippen LogP contribution is 2.24. The van der Waals surface area contributed by atoms with Crippen LogP contribution in [0.25, 0.3) is 10.4 Å². The molecule has 0 aliphatic carbocycles. The topological polar surface area (TPSA) is 68.0 Å². The third kappa shape index (κ3) is 3.65. The van der Waals surface area contributed by atoms with Crippen LogP contribution in [0.15, 0.2) is 40.5 Å². The van der Waals surface area contributed by atoms with Crippen molar-refractivity contribution in [2.45, 2.75) is 26.8 Å². The molecule has 3 rings (SSSR count). The molecule has 0 spiro atoms. The van der Waals surface area contributed by atoms with Gasteiger partial charge in [-0.2, -0.15) is 0 Å². The Morgan fingerprint density at radius 2 is 2.22 bits per heavy atom. The molecule has 118 valence electrons. The van der Waals surface area contributed by atoms with Gasteiger partial charge in [0, 0.05) is 34.9 Å². The zero-order valence-corrected chi connectivity index (χ0v) is 13.8. The number of carbonyl (C=O) groups excluding carboxylic acids is 1. The summed E-state index contributed by atoms with van der Waals surface area (Å²) in [7, 11) is 0. The highest BCUT2D eigenvalue weighted by Gasteiger charge is 2.13. The van der Waals surface area contributed by atoms with E-state index in [9.17, 15) is 4.79 Å². The Morgan fingerprint density at radius 3 is 2.91 bits per heavy atom. The normalized spacial score (nSPS) is 10.7. The summed E-state index contributed by atoms with van der Waals surface area (Å²) in [6.07, 6.45) is 3.88. The summed E-state index contributed by atoms with van der Waals surface area (Å²) >= 11 is 1.67. The van der Waals surface area contributed by atoms with Crippen molar-refractivity contribution in [3.8, 4) is 10.4 Å². The highest BCUT2D eigenvalue weighted by molar-refractivity contribution is 7.13. The molecule has 3 aromatic heterocycles. The maximum Gasteiger partial charge on any atom is 0.224 e. The molecule has 6 heteroatoms. The zero-order chi connectivity index (χ0) is 16.2. The second-order valence-corrected chi connectivity index (χ2v) is 6.26. The molecule has 1 N–H and O–H groups in total. The van der Waals surface area contributed by atoms with E-state index in [2.05, 4.69) is 27.6 Å². The highest BCUT2D eigenvalue weighted by atomic mass is 32.1. The molecule has 0 bridgehead atoms. The molecular formula is C17H17N3O2S. The number of rotatable bonds is 5. The molecule has 0 aliphatic rings. The van der Waals surface area contributed by atoms with E-state index in [1.807, 2.05) is 31.5 Å². The van der Waals surface area contributed by atoms with E-state index in [0.29, 0.717) is 12.3 Å². The molecule has 0 unspecified atom stereocenters. The van der Waals surface area contributed by atoms with Crippen molar-refractivity contribution in [2.75, 3.05) is 0 Å². The van der Waals surface area contributed by atoms with Crippen LogP contribution in [0.3, 0.4) is 0 Å². The van der Waals surface area contributed by atoms with Gasteiger partial charge < -0.3 is 9.84 Å². The first kappa shape index (κ1) is 15.4. The maximum atomic E-state index is 12.1. The molecule has 0 atom stereocenters. The van der Waals surface area contributed by atoms with E-state index < -0.39 is 0 Å². The molecule has 0 saturated heterocycles. The minimum atomic E-state index is -0.0547. The Morgan fingerprint density at radius 1 is 1.35 bits per heavy atom. The average Bonchev–Trinajstić information content (AvgIpc) is 3.19. The van der Waals surface area contributed by atoms with Gasteiger partial charge in [-0.15, -0.1) is 11.3 Å². The smallest absolute Gasteiger partial charge is 0.224 e. The fourth-order valence-electron chi connectivity index (χ4n) is 2.34. The summed E-state index contributed by atoms with van der Waals surface area (Å²) in [5.41, 5.74) is 3.66. The van der Waals surface area contributed by atoms with Crippen molar-refractivity contribution in [2.24, 2.45) is 0 Å². The summed E-state index contributed by atoms with van der Waals surface area (Å²) in [4.78, 5) is 17.5. The lowest BCUT2D eigenvalue weighted by molar-refractivity contribution is -0.120. The Hall–Kier alpha value is -2.47.